The highest BCUT2D eigenvalue weighted by Crippen LogP contribution is 2.26. The van der Waals surface area contributed by atoms with Gasteiger partial charge in [-0.15, -0.1) is 0 Å². The third-order valence-electron chi connectivity index (χ3n) is 2.43. The number of methoxy groups -OCH3 is 1. The Labute approximate surface area is 99.8 Å². The zero-order valence-corrected chi connectivity index (χ0v) is 9.59. The van der Waals surface area contributed by atoms with E-state index in [1.807, 2.05) is 24.3 Å². The second-order valence-electron chi connectivity index (χ2n) is 3.66. The number of rotatable bonds is 4. The van der Waals surface area contributed by atoms with E-state index in [0.29, 0.717) is 24.5 Å². The van der Waals surface area contributed by atoms with Crippen LogP contribution in [0.2, 0.25) is 0 Å². The summed E-state index contributed by atoms with van der Waals surface area (Å²) in [6, 6.07) is 7.38. The lowest BCUT2D eigenvalue weighted by Gasteiger charge is -2.19. The Hall–Kier alpha value is -1.97. The van der Waals surface area contributed by atoms with Gasteiger partial charge in [0.25, 0.3) is 0 Å². The van der Waals surface area contributed by atoms with Crippen molar-refractivity contribution in [3.63, 3.8) is 0 Å². The molecule has 0 unspecified atom stereocenters. The number of carbonyl (C=O) groups excluding carboxylic acids is 1. The van der Waals surface area contributed by atoms with Gasteiger partial charge in [-0.1, -0.05) is 18.2 Å². The fourth-order valence-corrected chi connectivity index (χ4v) is 1.59. The fraction of sp³-hybridized carbons (Fsp3) is 0.308. The van der Waals surface area contributed by atoms with Crippen molar-refractivity contribution in [3.8, 4) is 11.5 Å². The molecule has 1 aliphatic rings. The molecule has 4 heteroatoms. The van der Waals surface area contributed by atoms with Crippen molar-refractivity contribution in [1.29, 1.82) is 0 Å². The molecule has 2 rings (SSSR count). The van der Waals surface area contributed by atoms with E-state index < -0.39 is 0 Å². The molecule has 0 saturated carbocycles. The minimum Gasteiger partial charge on any atom is -0.493 e. The van der Waals surface area contributed by atoms with E-state index in [0.717, 1.165) is 0 Å². The van der Waals surface area contributed by atoms with Gasteiger partial charge in [-0.3, -0.25) is 0 Å². The van der Waals surface area contributed by atoms with Crippen LogP contribution in [0.3, 0.4) is 0 Å². The summed E-state index contributed by atoms with van der Waals surface area (Å²) in [5.74, 6) is 1.01. The second-order valence-corrected chi connectivity index (χ2v) is 3.66. The van der Waals surface area contributed by atoms with Crippen molar-refractivity contribution < 1.29 is 19.0 Å². The average molecular weight is 234 g/mol. The Morgan fingerprint density at radius 2 is 2.12 bits per heavy atom. The molecule has 17 heavy (non-hydrogen) atoms. The lowest BCUT2D eigenvalue weighted by atomic mass is 10.2. The summed E-state index contributed by atoms with van der Waals surface area (Å²) in [6.07, 6.45) is 3.68. The largest absolute Gasteiger partial charge is 0.493 e. The predicted molar refractivity (Wildman–Crippen MR) is 62.1 cm³/mol. The van der Waals surface area contributed by atoms with Gasteiger partial charge in [0, 0.05) is 12.5 Å². The SMILES string of the molecule is COc1ccccc1OC[C@H]1CC=CC(=O)O1. The average Bonchev–Trinajstić information content (AvgIpc) is 2.37. The fourth-order valence-electron chi connectivity index (χ4n) is 1.59. The Kier molecular flexibility index (Phi) is 3.65. The van der Waals surface area contributed by atoms with E-state index in [-0.39, 0.29) is 12.1 Å². The van der Waals surface area contributed by atoms with Gasteiger partial charge in [0.15, 0.2) is 11.5 Å². The van der Waals surface area contributed by atoms with Crippen molar-refractivity contribution in [3.05, 3.63) is 36.4 Å². The van der Waals surface area contributed by atoms with Gasteiger partial charge >= 0.3 is 5.97 Å². The van der Waals surface area contributed by atoms with E-state index in [4.69, 9.17) is 14.2 Å². The first kappa shape index (κ1) is 11.5. The molecule has 1 aliphatic heterocycles. The minimum atomic E-state index is -0.315. The third-order valence-corrected chi connectivity index (χ3v) is 2.43. The van der Waals surface area contributed by atoms with Gasteiger partial charge in [0.05, 0.1) is 7.11 Å². The number of hydrogen-bond acceptors (Lipinski definition) is 4. The van der Waals surface area contributed by atoms with E-state index in [1.165, 1.54) is 6.08 Å². The molecule has 1 aromatic rings. The lowest BCUT2D eigenvalue weighted by molar-refractivity contribution is -0.145. The van der Waals surface area contributed by atoms with Crippen LogP contribution in [0.15, 0.2) is 36.4 Å². The summed E-state index contributed by atoms with van der Waals surface area (Å²) in [5, 5.41) is 0. The molecule has 0 saturated heterocycles. The molecule has 4 nitrogen and oxygen atoms in total. The molecule has 0 bridgehead atoms. The molecular weight excluding hydrogens is 220 g/mol. The maximum atomic E-state index is 11.0. The standard InChI is InChI=1S/C13H14O4/c1-15-11-6-2-3-7-12(11)16-9-10-5-4-8-13(14)17-10/h2-4,6-8,10H,5,9H2,1H3/t10-/m1/s1. The molecule has 1 aromatic carbocycles. The normalized spacial score (nSPS) is 18.6. The van der Waals surface area contributed by atoms with Crippen LogP contribution in [0, 0.1) is 0 Å². The number of carbonyl (C=O) groups is 1. The second kappa shape index (κ2) is 5.39. The monoisotopic (exact) mass is 234 g/mol. The summed E-state index contributed by atoms with van der Waals surface area (Å²) in [6.45, 7) is 0.330. The minimum absolute atomic E-state index is 0.225. The van der Waals surface area contributed by atoms with Crippen LogP contribution >= 0.6 is 0 Å². The van der Waals surface area contributed by atoms with Crippen LogP contribution in [-0.4, -0.2) is 25.8 Å². The van der Waals surface area contributed by atoms with Crippen molar-refractivity contribution in [2.24, 2.45) is 0 Å². The first-order valence-corrected chi connectivity index (χ1v) is 5.42. The summed E-state index contributed by atoms with van der Waals surface area (Å²) in [7, 11) is 1.59. The highest BCUT2D eigenvalue weighted by atomic mass is 16.6. The van der Waals surface area contributed by atoms with Crippen LogP contribution in [0.25, 0.3) is 0 Å². The third kappa shape index (κ3) is 3.00. The number of esters is 1. The summed E-state index contributed by atoms with van der Waals surface area (Å²) >= 11 is 0. The Morgan fingerprint density at radius 1 is 1.35 bits per heavy atom. The van der Waals surface area contributed by atoms with Crippen LogP contribution in [0.4, 0.5) is 0 Å². The number of hydrogen-bond donors (Lipinski definition) is 0. The van der Waals surface area contributed by atoms with Crippen LogP contribution in [0.5, 0.6) is 11.5 Å². The van der Waals surface area contributed by atoms with Gasteiger partial charge in [-0.05, 0) is 12.1 Å². The molecule has 0 spiro atoms. The number of benzene rings is 1. The van der Waals surface area contributed by atoms with E-state index >= 15 is 0 Å². The topological polar surface area (TPSA) is 44.8 Å². The maximum absolute atomic E-state index is 11.0. The van der Waals surface area contributed by atoms with Crippen molar-refractivity contribution in [2.75, 3.05) is 13.7 Å². The van der Waals surface area contributed by atoms with Crippen molar-refractivity contribution in [2.45, 2.75) is 12.5 Å². The first-order valence-electron chi connectivity index (χ1n) is 5.42. The molecule has 90 valence electrons. The molecule has 1 atom stereocenters. The predicted octanol–water partition coefficient (Wildman–Crippen LogP) is 1.95. The molecule has 0 aliphatic carbocycles. The molecule has 0 amide bonds. The van der Waals surface area contributed by atoms with Gasteiger partial charge < -0.3 is 14.2 Å². The zero-order chi connectivity index (χ0) is 12.1. The summed E-state index contributed by atoms with van der Waals surface area (Å²) < 4.78 is 15.8. The van der Waals surface area contributed by atoms with E-state index in [2.05, 4.69) is 0 Å². The maximum Gasteiger partial charge on any atom is 0.330 e. The quantitative estimate of drug-likeness (QED) is 0.747. The van der Waals surface area contributed by atoms with Gasteiger partial charge in [0.2, 0.25) is 0 Å². The molecular formula is C13H14O4. The highest BCUT2D eigenvalue weighted by Gasteiger charge is 2.17. The smallest absolute Gasteiger partial charge is 0.330 e. The Morgan fingerprint density at radius 3 is 2.82 bits per heavy atom. The molecule has 0 N–H and O–H groups in total. The van der Waals surface area contributed by atoms with Gasteiger partial charge in [-0.25, -0.2) is 4.79 Å². The zero-order valence-electron chi connectivity index (χ0n) is 9.59. The van der Waals surface area contributed by atoms with Crippen molar-refractivity contribution >= 4 is 5.97 Å². The Balaban J connectivity index is 1.93. The molecule has 0 aromatic heterocycles. The van der Waals surface area contributed by atoms with Crippen LogP contribution in [-0.2, 0) is 9.53 Å². The lowest BCUT2D eigenvalue weighted by Crippen LogP contribution is -2.26. The summed E-state index contributed by atoms with van der Waals surface area (Å²) in [5.41, 5.74) is 0. The first-order chi connectivity index (χ1) is 8.29. The highest BCUT2D eigenvalue weighted by molar-refractivity contribution is 5.82. The Bertz CT molecular complexity index is 425. The number of cyclic esters (lactones) is 1. The summed E-state index contributed by atoms with van der Waals surface area (Å²) in [4.78, 5) is 11.0. The molecule has 0 radical (unpaired) electrons. The molecule has 0 fully saturated rings. The van der Waals surface area contributed by atoms with Crippen LogP contribution < -0.4 is 9.47 Å². The van der Waals surface area contributed by atoms with Crippen LogP contribution in [0.1, 0.15) is 6.42 Å². The van der Waals surface area contributed by atoms with Gasteiger partial charge in [-0.2, -0.15) is 0 Å². The van der Waals surface area contributed by atoms with E-state index in [9.17, 15) is 4.79 Å². The molecule has 1 heterocycles. The number of ether oxygens (including phenoxy) is 3. The van der Waals surface area contributed by atoms with Crippen molar-refractivity contribution in [1.82, 2.24) is 0 Å². The van der Waals surface area contributed by atoms with E-state index in [1.54, 1.807) is 13.2 Å². The van der Waals surface area contributed by atoms with Gasteiger partial charge in [0.1, 0.15) is 12.7 Å². The number of para-hydroxylation sites is 2.